The van der Waals surface area contributed by atoms with E-state index in [2.05, 4.69) is 31.1 Å². The van der Waals surface area contributed by atoms with Gasteiger partial charge in [-0.25, -0.2) is 4.98 Å². The highest BCUT2D eigenvalue weighted by molar-refractivity contribution is 6.17. The van der Waals surface area contributed by atoms with E-state index in [1.54, 1.807) is 49.4 Å². The van der Waals surface area contributed by atoms with Crippen LogP contribution in [0.3, 0.4) is 0 Å². The van der Waals surface area contributed by atoms with Crippen LogP contribution in [0.15, 0.2) is 36.8 Å². The van der Waals surface area contributed by atoms with Gasteiger partial charge in [-0.2, -0.15) is 10.2 Å². The van der Waals surface area contributed by atoms with Gasteiger partial charge in [-0.1, -0.05) is 6.07 Å². The summed E-state index contributed by atoms with van der Waals surface area (Å²) in [6, 6.07) is 5.14. The molecule has 0 radical (unpaired) electrons. The third-order valence-electron chi connectivity index (χ3n) is 4.18. The number of nitrogens with one attached hydrogen (secondary N) is 3. The molecular weight excluding hydrogens is 408 g/mol. The fourth-order valence-corrected chi connectivity index (χ4v) is 2.92. The Bertz CT molecular complexity index is 1030. The number of pyridine rings is 1. The van der Waals surface area contributed by atoms with Gasteiger partial charge in [0, 0.05) is 44.0 Å². The molecule has 2 amide bonds. The molecule has 10 nitrogen and oxygen atoms in total. The first-order chi connectivity index (χ1) is 14.5. The number of halogens is 1. The maximum Gasteiger partial charge on any atom is 0.274 e. The van der Waals surface area contributed by atoms with Gasteiger partial charge >= 0.3 is 0 Å². The Balaban J connectivity index is 1.76. The van der Waals surface area contributed by atoms with Gasteiger partial charge in [-0.05, 0) is 19.2 Å². The zero-order chi connectivity index (χ0) is 21.5. The van der Waals surface area contributed by atoms with E-state index in [-0.39, 0.29) is 17.3 Å². The summed E-state index contributed by atoms with van der Waals surface area (Å²) < 4.78 is 3.18. The van der Waals surface area contributed by atoms with Crippen molar-refractivity contribution in [2.45, 2.75) is 6.54 Å². The summed E-state index contributed by atoms with van der Waals surface area (Å²) in [5.74, 6) is -0.357. The van der Waals surface area contributed by atoms with Crippen molar-refractivity contribution in [2.75, 3.05) is 31.3 Å². The van der Waals surface area contributed by atoms with E-state index in [0.29, 0.717) is 36.9 Å². The van der Waals surface area contributed by atoms with Crippen molar-refractivity contribution in [3.05, 3.63) is 48.2 Å². The van der Waals surface area contributed by atoms with Crippen molar-refractivity contribution >= 4 is 29.1 Å². The lowest BCUT2D eigenvalue weighted by molar-refractivity contribution is 0.0949. The molecule has 3 heterocycles. The minimum Gasteiger partial charge on any atom is -0.349 e. The molecule has 0 fully saturated rings. The predicted octanol–water partition coefficient (Wildman–Crippen LogP) is 1.12. The van der Waals surface area contributed by atoms with Crippen LogP contribution < -0.4 is 16.0 Å². The number of aryl methyl sites for hydroxylation is 2. The van der Waals surface area contributed by atoms with Crippen LogP contribution in [0.2, 0.25) is 0 Å². The Morgan fingerprint density at radius 2 is 2.00 bits per heavy atom. The third-order valence-corrected chi connectivity index (χ3v) is 4.35. The Hall–Kier alpha value is -3.24. The number of carbonyl (C=O) groups excluding carboxylic acids is 2. The number of alkyl halides is 1. The van der Waals surface area contributed by atoms with Gasteiger partial charge in [-0.3, -0.25) is 19.0 Å². The zero-order valence-electron chi connectivity index (χ0n) is 16.7. The summed E-state index contributed by atoms with van der Waals surface area (Å²) in [5.41, 5.74) is 2.05. The number of hydrogen-bond acceptors (Lipinski definition) is 6. The van der Waals surface area contributed by atoms with Crippen LogP contribution in [0.4, 0.5) is 5.69 Å². The number of carbonyl (C=O) groups is 2. The molecule has 0 aliphatic carbocycles. The molecule has 0 spiro atoms. The molecule has 0 saturated carbocycles. The summed E-state index contributed by atoms with van der Waals surface area (Å²) >= 11 is 5.74. The van der Waals surface area contributed by atoms with E-state index in [0.717, 1.165) is 5.56 Å². The molecule has 3 aromatic rings. The second-order valence-corrected chi connectivity index (χ2v) is 6.85. The van der Waals surface area contributed by atoms with E-state index >= 15 is 0 Å². The maximum absolute atomic E-state index is 12.8. The summed E-state index contributed by atoms with van der Waals surface area (Å²) in [7, 11) is 3.47. The summed E-state index contributed by atoms with van der Waals surface area (Å²) in [6.45, 7) is 1.65. The van der Waals surface area contributed by atoms with E-state index in [1.165, 1.54) is 4.68 Å². The lowest BCUT2D eigenvalue weighted by Gasteiger charge is -2.07. The minimum atomic E-state index is -0.442. The summed E-state index contributed by atoms with van der Waals surface area (Å²) in [5, 5.41) is 16.8. The fourth-order valence-electron chi connectivity index (χ4n) is 2.75. The third kappa shape index (κ3) is 5.22. The van der Waals surface area contributed by atoms with E-state index in [1.807, 2.05) is 6.20 Å². The number of rotatable bonds is 9. The highest BCUT2D eigenvalue weighted by Crippen LogP contribution is 2.18. The van der Waals surface area contributed by atoms with E-state index in [9.17, 15) is 9.59 Å². The Morgan fingerprint density at radius 1 is 1.17 bits per heavy atom. The zero-order valence-corrected chi connectivity index (χ0v) is 17.5. The normalized spacial score (nSPS) is 10.8. The van der Waals surface area contributed by atoms with E-state index in [4.69, 9.17) is 11.6 Å². The lowest BCUT2D eigenvalue weighted by Crippen LogP contribution is -2.31. The van der Waals surface area contributed by atoms with Gasteiger partial charge < -0.3 is 16.0 Å². The molecule has 3 aromatic heterocycles. The van der Waals surface area contributed by atoms with Gasteiger partial charge in [-0.15, -0.1) is 11.6 Å². The molecule has 3 rings (SSSR count). The number of hydrogen-bond donors (Lipinski definition) is 3. The van der Waals surface area contributed by atoms with Crippen molar-refractivity contribution in [3.63, 3.8) is 0 Å². The Kier molecular flexibility index (Phi) is 7.15. The van der Waals surface area contributed by atoms with Crippen molar-refractivity contribution in [3.8, 4) is 11.3 Å². The lowest BCUT2D eigenvalue weighted by atomic mass is 10.2. The minimum absolute atomic E-state index is 0.139. The molecular formula is C19H23ClN8O2. The Labute approximate surface area is 178 Å². The molecule has 0 saturated heterocycles. The number of anilines is 1. The number of aromatic nitrogens is 5. The number of amides is 2. The van der Waals surface area contributed by atoms with Crippen molar-refractivity contribution < 1.29 is 9.59 Å². The Morgan fingerprint density at radius 3 is 2.77 bits per heavy atom. The first kappa shape index (κ1) is 21.5. The van der Waals surface area contributed by atoms with Crippen LogP contribution in [-0.4, -0.2) is 62.4 Å². The average molecular weight is 431 g/mol. The fraction of sp³-hybridized carbons (Fsp3) is 0.316. The van der Waals surface area contributed by atoms with Gasteiger partial charge in [0.25, 0.3) is 11.8 Å². The van der Waals surface area contributed by atoms with Gasteiger partial charge in [0.15, 0.2) is 5.69 Å². The van der Waals surface area contributed by atoms with Crippen molar-refractivity contribution in [1.82, 2.24) is 35.2 Å². The first-order valence-corrected chi connectivity index (χ1v) is 9.89. The molecule has 0 atom stereocenters. The second kappa shape index (κ2) is 9.99. The van der Waals surface area contributed by atoms with Crippen LogP contribution in [0.5, 0.6) is 0 Å². The van der Waals surface area contributed by atoms with Crippen molar-refractivity contribution in [2.24, 2.45) is 7.05 Å². The van der Waals surface area contributed by atoms with Gasteiger partial charge in [0.1, 0.15) is 5.69 Å². The van der Waals surface area contributed by atoms with Crippen LogP contribution in [0, 0.1) is 0 Å². The second-order valence-electron chi connectivity index (χ2n) is 6.47. The summed E-state index contributed by atoms with van der Waals surface area (Å²) in [6.07, 6.45) is 5.07. The monoisotopic (exact) mass is 430 g/mol. The highest BCUT2D eigenvalue weighted by Gasteiger charge is 2.19. The average Bonchev–Trinajstić information content (AvgIpc) is 3.35. The molecule has 0 unspecified atom stereocenters. The van der Waals surface area contributed by atoms with Crippen LogP contribution in [0.25, 0.3) is 11.3 Å². The van der Waals surface area contributed by atoms with Crippen LogP contribution in [-0.2, 0) is 13.6 Å². The molecule has 30 heavy (non-hydrogen) atoms. The highest BCUT2D eigenvalue weighted by atomic mass is 35.5. The van der Waals surface area contributed by atoms with Crippen LogP contribution in [0.1, 0.15) is 21.0 Å². The number of likely N-dealkylation sites (N-methyl/N-ethyl adjacent to an activating group) is 1. The molecule has 0 aromatic carbocycles. The van der Waals surface area contributed by atoms with Crippen LogP contribution >= 0.6 is 11.6 Å². The van der Waals surface area contributed by atoms with E-state index < -0.39 is 5.91 Å². The smallest absolute Gasteiger partial charge is 0.274 e. The molecule has 0 aliphatic heterocycles. The quantitative estimate of drug-likeness (QED) is 0.346. The first-order valence-electron chi connectivity index (χ1n) is 9.35. The standard InChI is InChI=1S/C19H23ClN8O2/c1-21-7-8-22-19(30)17-16(12-27(2)26-17)25-18(29)15-5-3-4-14(24-15)13-10-23-28(11-13)9-6-20/h3-5,10-12,21H,6-9H2,1-2H3,(H,22,30)(H,25,29). The predicted molar refractivity (Wildman–Crippen MR) is 114 cm³/mol. The number of nitrogens with zero attached hydrogens (tertiary/aromatic N) is 5. The molecule has 158 valence electrons. The largest absolute Gasteiger partial charge is 0.349 e. The molecule has 0 aliphatic rings. The maximum atomic E-state index is 12.8. The van der Waals surface area contributed by atoms with Gasteiger partial charge in [0.2, 0.25) is 0 Å². The topological polar surface area (TPSA) is 119 Å². The SMILES string of the molecule is CNCCNC(=O)c1nn(C)cc1NC(=O)c1cccc(-c2cnn(CCCl)c2)n1. The summed E-state index contributed by atoms with van der Waals surface area (Å²) in [4.78, 5) is 29.5. The molecule has 0 bridgehead atoms. The molecule has 11 heteroatoms. The van der Waals surface area contributed by atoms with Gasteiger partial charge in [0.05, 0.1) is 24.1 Å². The van der Waals surface area contributed by atoms with Crippen molar-refractivity contribution in [1.29, 1.82) is 0 Å². The molecule has 3 N–H and O–H groups in total.